The first-order valence-electron chi connectivity index (χ1n) is 6.77. The van der Waals surface area contributed by atoms with Crippen molar-refractivity contribution in [3.63, 3.8) is 0 Å². The fourth-order valence-electron chi connectivity index (χ4n) is 1.95. The van der Waals surface area contributed by atoms with Crippen LogP contribution in [-0.2, 0) is 16.0 Å². The number of aliphatic carboxylic acids is 1. The van der Waals surface area contributed by atoms with E-state index in [4.69, 9.17) is 10.8 Å². The van der Waals surface area contributed by atoms with Crippen molar-refractivity contribution < 1.29 is 19.5 Å². The topological polar surface area (TPSA) is 109 Å². The number of carbonyl (C=O) groups excluding carboxylic acids is 2. The third kappa shape index (κ3) is 5.55. The fourth-order valence-corrected chi connectivity index (χ4v) is 3.13. The van der Waals surface area contributed by atoms with E-state index in [2.05, 4.69) is 5.32 Å². The van der Waals surface area contributed by atoms with Crippen LogP contribution in [-0.4, -0.2) is 22.9 Å². The van der Waals surface area contributed by atoms with Gasteiger partial charge in [-0.3, -0.25) is 14.4 Å². The molecule has 0 radical (unpaired) electrons. The summed E-state index contributed by atoms with van der Waals surface area (Å²) < 4.78 is 0. The summed E-state index contributed by atoms with van der Waals surface area (Å²) in [6, 6.07) is 1.70. The van der Waals surface area contributed by atoms with Crippen molar-refractivity contribution in [3.8, 4) is 0 Å². The Bertz CT molecular complexity index is 539. The minimum absolute atomic E-state index is 0.0678. The molecule has 0 aromatic carbocycles. The van der Waals surface area contributed by atoms with E-state index in [1.165, 1.54) is 11.3 Å². The normalized spacial score (nSPS) is 11.9. The molecular formula is C14H20N2O4S. The summed E-state index contributed by atoms with van der Waals surface area (Å²) in [5, 5.41) is 11.8. The van der Waals surface area contributed by atoms with Crippen LogP contribution in [0.4, 0.5) is 5.00 Å². The van der Waals surface area contributed by atoms with Gasteiger partial charge in [-0.1, -0.05) is 20.3 Å². The quantitative estimate of drug-likeness (QED) is 0.683. The van der Waals surface area contributed by atoms with Gasteiger partial charge in [-0.05, 0) is 18.4 Å². The molecule has 4 N–H and O–H groups in total. The molecule has 21 heavy (non-hydrogen) atoms. The SMILES string of the molecule is CCCc1cc(C(N)=O)c(NC(=O)CC(C)CC(=O)O)s1. The molecule has 7 heteroatoms. The van der Waals surface area contributed by atoms with E-state index in [1.54, 1.807) is 13.0 Å². The Morgan fingerprint density at radius 2 is 2.05 bits per heavy atom. The maximum absolute atomic E-state index is 11.9. The molecule has 1 atom stereocenters. The third-order valence-corrected chi connectivity index (χ3v) is 3.97. The fraction of sp³-hybridized carbons (Fsp3) is 0.500. The number of carboxylic acid groups (broad SMARTS) is 1. The lowest BCUT2D eigenvalue weighted by molar-refractivity contribution is -0.138. The van der Waals surface area contributed by atoms with E-state index in [1.807, 2.05) is 6.92 Å². The first-order valence-corrected chi connectivity index (χ1v) is 7.59. The summed E-state index contributed by atoms with van der Waals surface area (Å²) in [5.74, 6) is -2.09. The predicted molar refractivity (Wildman–Crippen MR) is 81.5 cm³/mol. The van der Waals surface area contributed by atoms with Gasteiger partial charge in [0.25, 0.3) is 5.91 Å². The lowest BCUT2D eigenvalue weighted by atomic mass is 10.0. The molecule has 6 nitrogen and oxygen atoms in total. The number of thiophene rings is 1. The van der Waals surface area contributed by atoms with Gasteiger partial charge in [0, 0.05) is 17.7 Å². The van der Waals surface area contributed by atoms with E-state index in [9.17, 15) is 14.4 Å². The zero-order valence-corrected chi connectivity index (χ0v) is 13.0. The van der Waals surface area contributed by atoms with E-state index < -0.39 is 11.9 Å². The predicted octanol–water partition coefficient (Wildman–Crippen LogP) is 2.24. The van der Waals surface area contributed by atoms with E-state index >= 15 is 0 Å². The second-order valence-corrected chi connectivity index (χ2v) is 6.16. The van der Waals surface area contributed by atoms with Gasteiger partial charge in [0.15, 0.2) is 0 Å². The Balaban J connectivity index is 2.74. The van der Waals surface area contributed by atoms with Gasteiger partial charge in [-0.2, -0.15) is 0 Å². The van der Waals surface area contributed by atoms with Crippen molar-refractivity contribution in [1.29, 1.82) is 0 Å². The number of hydrogen-bond donors (Lipinski definition) is 3. The highest BCUT2D eigenvalue weighted by molar-refractivity contribution is 7.16. The minimum Gasteiger partial charge on any atom is -0.481 e. The van der Waals surface area contributed by atoms with Crippen LogP contribution in [0.15, 0.2) is 6.07 Å². The van der Waals surface area contributed by atoms with Crippen molar-refractivity contribution in [2.24, 2.45) is 11.7 Å². The highest BCUT2D eigenvalue weighted by Crippen LogP contribution is 2.29. The number of carboxylic acids is 1. The lowest BCUT2D eigenvalue weighted by Crippen LogP contribution is -2.19. The Kier molecular flexibility index (Phi) is 6.36. The second kappa shape index (κ2) is 7.78. The molecular weight excluding hydrogens is 292 g/mol. The van der Waals surface area contributed by atoms with E-state index in [0.717, 1.165) is 17.7 Å². The molecule has 116 valence electrons. The number of hydrogen-bond acceptors (Lipinski definition) is 4. The molecule has 0 aliphatic heterocycles. The smallest absolute Gasteiger partial charge is 0.303 e. The number of anilines is 1. The molecule has 1 aromatic heterocycles. The van der Waals surface area contributed by atoms with Crippen molar-refractivity contribution >= 4 is 34.1 Å². The molecule has 0 fully saturated rings. The number of primary amides is 1. The zero-order valence-electron chi connectivity index (χ0n) is 12.1. The molecule has 1 unspecified atom stereocenters. The van der Waals surface area contributed by atoms with E-state index in [-0.39, 0.29) is 24.7 Å². The number of nitrogens with two attached hydrogens (primary N) is 1. The average molecular weight is 312 g/mol. The molecule has 1 heterocycles. The van der Waals surface area contributed by atoms with Gasteiger partial charge in [0.05, 0.1) is 5.56 Å². The Labute approximate surface area is 127 Å². The Morgan fingerprint density at radius 1 is 1.38 bits per heavy atom. The lowest BCUT2D eigenvalue weighted by Gasteiger charge is -2.09. The number of rotatable bonds is 8. The van der Waals surface area contributed by atoms with Crippen LogP contribution >= 0.6 is 11.3 Å². The van der Waals surface area contributed by atoms with Crippen molar-refractivity contribution in [2.75, 3.05) is 5.32 Å². The van der Waals surface area contributed by atoms with Gasteiger partial charge in [-0.25, -0.2) is 0 Å². The monoisotopic (exact) mass is 312 g/mol. The van der Waals surface area contributed by atoms with Crippen molar-refractivity contribution in [2.45, 2.75) is 39.5 Å². The average Bonchev–Trinajstić information content (AvgIpc) is 2.70. The number of carbonyl (C=O) groups is 3. The number of amides is 2. The molecule has 0 aliphatic rings. The first-order chi connectivity index (χ1) is 9.83. The highest BCUT2D eigenvalue weighted by Gasteiger charge is 2.18. The molecule has 0 saturated heterocycles. The summed E-state index contributed by atoms with van der Waals surface area (Å²) in [6.45, 7) is 3.72. The van der Waals surface area contributed by atoms with E-state index in [0.29, 0.717) is 10.6 Å². The molecule has 2 amide bonds. The largest absolute Gasteiger partial charge is 0.481 e. The van der Waals surface area contributed by atoms with Crippen molar-refractivity contribution in [3.05, 3.63) is 16.5 Å². The van der Waals surface area contributed by atoms with Crippen molar-refractivity contribution in [1.82, 2.24) is 0 Å². The van der Waals surface area contributed by atoms with Crippen LogP contribution in [0, 0.1) is 5.92 Å². The van der Waals surface area contributed by atoms with Gasteiger partial charge < -0.3 is 16.2 Å². The maximum Gasteiger partial charge on any atom is 0.303 e. The summed E-state index contributed by atoms with van der Waals surface area (Å²) in [4.78, 5) is 34.8. The summed E-state index contributed by atoms with van der Waals surface area (Å²) in [5.41, 5.74) is 5.61. The summed E-state index contributed by atoms with van der Waals surface area (Å²) >= 11 is 1.33. The molecule has 0 saturated carbocycles. The van der Waals surface area contributed by atoms with Gasteiger partial charge in [-0.15, -0.1) is 11.3 Å². The Hall–Kier alpha value is -1.89. The van der Waals surface area contributed by atoms with Crippen LogP contribution in [0.2, 0.25) is 0 Å². The molecule has 1 aromatic rings. The summed E-state index contributed by atoms with van der Waals surface area (Å²) in [6.07, 6.45) is 1.77. The second-order valence-electron chi connectivity index (χ2n) is 5.03. The van der Waals surface area contributed by atoms with Gasteiger partial charge in [0.2, 0.25) is 5.91 Å². The van der Waals surface area contributed by atoms with Crippen LogP contribution in [0.5, 0.6) is 0 Å². The van der Waals surface area contributed by atoms with Crippen LogP contribution < -0.4 is 11.1 Å². The molecule has 0 aliphatic carbocycles. The standard InChI is InChI=1S/C14H20N2O4S/c1-3-4-9-7-10(13(15)20)14(21-9)16-11(17)5-8(2)6-12(18)19/h7-8H,3-6H2,1-2H3,(H2,15,20)(H,16,17)(H,18,19). The number of aryl methyl sites for hydroxylation is 1. The summed E-state index contributed by atoms with van der Waals surface area (Å²) in [7, 11) is 0. The third-order valence-electron chi connectivity index (χ3n) is 2.85. The first kappa shape index (κ1) is 17.2. The Morgan fingerprint density at radius 3 is 2.57 bits per heavy atom. The van der Waals surface area contributed by atoms with Gasteiger partial charge >= 0.3 is 5.97 Å². The van der Waals surface area contributed by atoms with Gasteiger partial charge in [0.1, 0.15) is 5.00 Å². The maximum atomic E-state index is 11.9. The molecule has 0 bridgehead atoms. The highest BCUT2D eigenvalue weighted by atomic mass is 32.1. The van der Waals surface area contributed by atoms with Crippen LogP contribution in [0.1, 0.15) is 48.3 Å². The van der Waals surface area contributed by atoms with Crippen LogP contribution in [0.3, 0.4) is 0 Å². The zero-order chi connectivity index (χ0) is 16.0. The number of nitrogens with one attached hydrogen (secondary N) is 1. The van der Waals surface area contributed by atoms with Crippen LogP contribution in [0.25, 0.3) is 0 Å². The molecule has 0 spiro atoms. The molecule has 1 rings (SSSR count). The minimum atomic E-state index is -0.936.